The summed E-state index contributed by atoms with van der Waals surface area (Å²) in [5, 5.41) is 23.6. The molecular formula is C22H19N3O2. The van der Waals surface area contributed by atoms with E-state index in [1.165, 1.54) is 0 Å². The van der Waals surface area contributed by atoms with Crippen molar-refractivity contribution in [2.75, 3.05) is 17.2 Å². The van der Waals surface area contributed by atoms with Crippen molar-refractivity contribution in [1.82, 2.24) is 0 Å². The van der Waals surface area contributed by atoms with Gasteiger partial charge in [-0.2, -0.15) is 5.26 Å². The van der Waals surface area contributed by atoms with Crippen LogP contribution in [-0.4, -0.2) is 17.7 Å². The first kappa shape index (κ1) is 18.2. The van der Waals surface area contributed by atoms with Crippen molar-refractivity contribution in [1.29, 1.82) is 5.26 Å². The summed E-state index contributed by atoms with van der Waals surface area (Å²) >= 11 is 0. The lowest BCUT2D eigenvalue weighted by atomic mass is 10.0. The largest absolute Gasteiger partial charge is 0.396 e. The molecule has 5 nitrogen and oxygen atoms in total. The van der Waals surface area contributed by atoms with Crippen LogP contribution in [0.5, 0.6) is 0 Å². The highest BCUT2D eigenvalue weighted by molar-refractivity contribution is 6.00. The Kier molecular flexibility index (Phi) is 5.83. The van der Waals surface area contributed by atoms with Gasteiger partial charge in [0, 0.05) is 18.0 Å². The third kappa shape index (κ3) is 4.72. The average molecular weight is 357 g/mol. The van der Waals surface area contributed by atoms with E-state index in [-0.39, 0.29) is 12.6 Å². The second kappa shape index (κ2) is 8.65. The third-order valence-corrected chi connectivity index (χ3v) is 4.14. The number of benzene rings is 3. The van der Waals surface area contributed by atoms with Crippen LogP contribution < -0.4 is 10.6 Å². The Morgan fingerprint density at radius 3 is 2.15 bits per heavy atom. The molecule has 0 aliphatic carbocycles. The Morgan fingerprint density at radius 1 is 0.889 bits per heavy atom. The highest BCUT2D eigenvalue weighted by atomic mass is 16.3. The molecule has 0 atom stereocenters. The minimum atomic E-state index is -0.341. The first-order valence-corrected chi connectivity index (χ1v) is 8.57. The number of anilines is 2. The van der Waals surface area contributed by atoms with Crippen molar-refractivity contribution in [2.24, 2.45) is 0 Å². The van der Waals surface area contributed by atoms with E-state index in [0.29, 0.717) is 23.4 Å². The van der Waals surface area contributed by atoms with Crippen LogP contribution in [0.4, 0.5) is 16.2 Å². The number of aliphatic hydroxyl groups excluding tert-OH is 1. The molecule has 2 amide bonds. The number of carbonyl (C=O) groups excluding carboxylic acids is 1. The maximum Gasteiger partial charge on any atom is 0.323 e. The van der Waals surface area contributed by atoms with Crippen LogP contribution in [0.1, 0.15) is 11.1 Å². The number of para-hydroxylation sites is 1. The SMILES string of the molecule is N#Cc1ccc(-c2ccc(NC(=O)Nc3ccccc3CCO)cc2)cc1. The molecule has 0 aromatic heterocycles. The molecule has 0 radical (unpaired) electrons. The summed E-state index contributed by atoms with van der Waals surface area (Å²) in [4.78, 5) is 12.2. The molecule has 3 aromatic carbocycles. The molecule has 0 spiro atoms. The third-order valence-electron chi connectivity index (χ3n) is 4.14. The summed E-state index contributed by atoms with van der Waals surface area (Å²) in [6.45, 7) is 0.0249. The number of amides is 2. The zero-order valence-corrected chi connectivity index (χ0v) is 14.6. The summed E-state index contributed by atoms with van der Waals surface area (Å²) in [7, 11) is 0. The fourth-order valence-electron chi connectivity index (χ4n) is 2.75. The zero-order chi connectivity index (χ0) is 19.1. The molecule has 0 fully saturated rings. The van der Waals surface area contributed by atoms with Gasteiger partial charge in [-0.3, -0.25) is 0 Å². The van der Waals surface area contributed by atoms with Crippen molar-refractivity contribution < 1.29 is 9.90 Å². The summed E-state index contributed by atoms with van der Waals surface area (Å²) in [6, 6.07) is 24.0. The molecule has 5 heteroatoms. The van der Waals surface area contributed by atoms with Gasteiger partial charge in [0.1, 0.15) is 0 Å². The molecule has 0 saturated carbocycles. The Balaban J connectivity index is 1.66. The molecule has 0 aliphatic rings. The highest BCUT2D eigenvalue weighted by Crippen LogP contribution is 2.22. The molecule has 3 N–H and O–H groups in total. The smallest absolute Gasteiger partial charge is 0.323 e. The van der Waals surface area contributed by atoms with E-state index in [9.17, 15) is 4.79 Å². The quantitative estimate of drug-likeness (QED) is 0.632. The second-order valence-electron chi connectivity index (χ2n) is 5.98. The number of nitrogens with zero attached hydrogens (tertiary/aromatic N) is 1. The van der Waals surface area contributed by atoms with E-state index in [1.807, 2.05) is 54.6 Å². The molecule has 0 saturated heterocycles. The molecule has 0 aliphatic heterocycles. The van der Waals surface area contributed by atoms with Gasteiger partial charge in [0.05, 0.1) is 11.6 Å². The van der Waals surface area contributed by atoms with E-state index in [1.54, 1.807) is 18.2 Å². The number of hydrogen-bond acceptors (Lipinski definition) is 3. The monoisotopic (exact) mass is 357 g/mol. The van der Waals surface area contributed by atoms with Gasteiger partial charge in [-0.25, -0.2) is 4.79 Å². The minimum absolute atomic E-state index is 0.0249. The van der Waals surface area contributed by atoms with Crippen LogP contribution in [0.15, 0.2) is 72.8 Å². The van der Waals surface area contributed by atoms with Crippen LogP contribution in [0, 0.1) is 11.3 Å². The Hall–Kier alpha value is -3.62. The summed E-state index contributed by atoms with van der Waals surface area (Å²) in [5.74, 6) is 0. The van der Waals surface area contributed by atoms with Gasteiger partial charge in [-0.1, -0.05) is 42.5 Å². The molecule has 0 unspecified atom stereocenters. The molecule has 0 bridgehead atoms. The maximum atomic E-state index is 12.2. The van der Waals surface area contributed by atoms with Crippen molar-refractivity contribution in [2.45, 2.75) is 6.42 Å². The van der Waals surface area contributed by atoms with Gasteiger partial charge in [0.15, 0.2) is 0 Å². The Bertz CT molecular complexity index is 958. The number of aliphatic hydroxyl groups is 1. The number of rotatable bonds is 5. The van der Waals surface area contributed by atoms with E-state index in [2.05, 4.69) is 16.7 Å². The Labute approximate surface area is 157 Å². The lowest BCUT2D eigenvalue weighted by Crippen LogP contribution is -2.20. The van der Waals surface area contributed by atoms with E-state index in [4.69, 9.17) is 10.4 Å². The number of carbonyl (C=O) groups is 1. The first-order valence-electron chi connectivity index (χ1n) is 8.57. The lowest BCUT2D eigenvalue weighted by molar-refractivity contribution is 0.262. The highest BCUT2D eigenvalue weighted by Gasteiger charge is 2.07. The van der Waals surface area contributed by atoms with Crippen molar-refractivity contribution in [3.63, 3.8) is 0 Å². The maximum absolute atomic E-state index is 12.2. The van der Waals surface area contributed by atoms with E-state index < -0.39 is 0 Å². The van der Waals surface area contributed by atoms with Gasteiger partial charge in [0.25, 0.3) is 0 Å². The predicted octanol–water partition coefficient (Wildman–Crippen LogP) is 4.40. The number of nitriles is 1. The minimum Gasteiger partial charge on any atom is -0.396 e. The average Bonchev–Trinajstić information content (AvgIpc) is 2.70. The van der Waals surface area contributed by atoms with Gasteiger partial charge in [-0.15, -0.1) is 0 Å². The van der Waals surface area contributed by atoms with Crippen molar-refractivity contribution in [3.8, 4) is 17.2 Å². The van der Waals surface area contributed by atoms with Crippen LogP contribution in [0.3, 0.4) is 0 Å². The number of hydrogen-bond donors (Lipinski definition) is 3. The van der Waals surface area contributed by atoms with Crippen LogP contribution in [0.2, 0.25) is 0 Å². The topological polar surface area (TPSA) is 85.2 Å². The van der Waals surface area contributed by atoms with Gasteiger partial charge in [-0.05, 0) is 53.4 Å². The molecule has 3 rings (SSSR count). The van der Waals surface area contributed by atoms with E-state index >= 15 is 0 Å². The van der Waals surface area contributed by atoms with Crippen LogP contribution in [-0.2, 0) is 6.42 Å². The van der Waals surface area contributed by atoms with Gasteiger partial charge in [0.2, 0.25) is 0 Å². The predicted molar refractivity (Wildman–Crippen MR) is 106 cm³/mol. The fourth-order valence-corrected chi connectivity index (χ4v) is 2.75. The second-order valence-corrected chi connectivity index (χ2v) is 5.98. The summed E-state index contributed by atoms with van der Waals surface area (Å²) in [5.41, 5.74) is 4.85. The van der Waals surface area contributed by atoms with Crippen LogP contribution in [0.25, 0.3) is 11.1 Å². The summed E-state index contributed by atoms with van der Waals surface area (Å²) < 4.78 is 0. The molecular weight excluding hydrogens is 338 g/mol. The van der Waals surface area contributed by atoms with Gasteiger partial charge >= 0.3 is 6.03 Å². The number of nitrogens with one attached hydrogen (secondary N) is 2. The molecule has 27 heavy (non-hydrogen) atoms. The summed E-state index contributed by atoms with van der Waals surface area (Å²) in [6.07, 6.45) is 0.482. The molecule has 134 valence electrons. The number of urea groups is 1. The normalized spacial score (nSPS) is 10.1. The fraction of sp³-hybridized carbons (Fsp3) is 0.0909. The molecule has 0 heterocycles. The van der Waals surface area contributed by atoms with E-state index in [0.717, 1.165) is 16.7 Å². The van der Waals surface area contributed by atoms with Gasteiger partial charge < -0.3 is 15.7 Å². The zero-order valence-electron chi connectivity index (χ0n) is 14.6. The molecule has 3 aromatic rings. The van der Waals surface area contributed by atoms with Crippen molar-refractivity contribution >= 4 is 17.4 Å². The lowest BCUT2D eigenvalue weighted by Gasteiger charge is -2.12. The van der Waals surface area contributed by atoms with Crippen molar-refractivity contribution in [3.05, 3.63) is 83.9 Å². The first-order chi connectivity index (χ1) is 13.2. The standard InChI is InChI=1S/C22H19N3O2/c23-15-16-5-7-17(8-6-16)18-9-11-20(12-10-18)24-22(27)25-21-4-2-1-3-19(21)13-14-26/h1-12,26H,13-14H2,(H2,24,25,27). The Morgan fingerprint density at radius 2 is 1.52 bits per heavy atom. The van der Waals surface area contributed by atoms with Crippen LogP contribution >= 0.6 is 0 Å².